The molecule has 3 rings (SSSR count). The van der Waals surface area contributed by atoms with Gasteiger partial charge in [0.1, 0.15) is 6.10 Å². The van der Waals surface area contributed by atoms with Gasteiger partial charge < -0.3 is 10.1 Å². The largest absolute Gasteiger partial charge is 0.416 e. The van der Waals surface area contributed by atoms with Gasteiger partial charge in [0.15, 0.2) is 0 Å². The molecule has 0 bridgehead atoms. The Bertz CT molecular complexity index is 681. The molecule has 0 unspecified atom stereocenters. The average Bonchev–Trinajstić information content (AvgIpc) is 3.06. The van der Waals surface area contributed by atoms with Crippen LogP contribution in [0.4, 0.5) is 13.2 Å². The lowest BCUT2D eigenvalue weighted by molar-refractivity contribution is -0.139. The molecule has 1 fully saturated rings. The maximum Gasteiger partial charge on any atom is 0.416 e. The maximum atomic E-state index is 13.4. The van der Waals surface area contributed by atoms with Crippen LogP contribution < -0.4 is 5.32 Å². The molecule has 0 saturated carbocycles. The minimum atomic E-state index is -4.43. The first kappa shape index (κ1) is 17.3. The third-order valence-corrected chi connectivity index (χ3v) is 4.32. The number of ether oxygens (including phenoxy) is 1. The zero-order chi connectivity index (χ0) is 17.2. The summed E-state index contributed by atoms with van der Waals surface area (Å²) >= 11 is 5.91. The van der Waals surface area contributed by atoms with Crippen molar-refractivity contribution >= 4 is 11.6 Å². The van der Waals surface area contributed by atoms with Gasteiger partial charge in [0.25, 0.3) is 0 Å². The number of hydrogen-bond acceptors (Lipinski definition) is 2. The summed E-state index contributed by atoms with van der Waals surface area (Å²) in [7, 11) is 0. The zero-order valence-electron chi connectivity index (χ0n) is 12.8. The van der Waals surface area contributed by atoms with Crippen LogP contribution >= 0.6 is 11.6 Å². The molecule has 128 valence electrons. The third kappa shape index (κ3) is 3.91. The van der Waals surface area contributed by atoms with E-state index in [1.165, 1.54) is 12.1 Å². The number of hydrogen-bond donors (Lipinski definition) is 1. The minimum Gasteiger partial charge on any atom is -0.364 e. The lowest BCUT2D eigenvalue weighted by atomic mass is 9.96. The summed E-state index contributed by atoms with van der Waals surface area (Å²) in [6, 6.07) is 12.3. The van der Waals surface area contributed by atoms with E-state index in [9.17, 15) is 13.2 Å². The SMILES string of the molecule is FC(F)(F)c1ccccc1[C@H](O[C@@H]1CCNC1)c1ccc(Cl)cc1. The van der Waals surface area contributed by atoms with Gasteiger partial charge in [-0.2, -0.15) is 13.2 Å². The first-order valence-corrected chi connectivity index (χ1v) is 8.10. The third-order valence-electron chi connectivity index (χ3n) is 4.07. The second kappa shape index (κ2) is 7.13. The standard InChI is InChI=1S/C18H17ClF3NO/c19-13-7-5-12(6-8-13)17(24-14-9-10-23-11-14)15-3-1-2-4-16(15)18(20,21)22/h1-8,14,17,23H,9-11H2/t14-,17-/m1/s1. The van der Waals surface area contributed by atoms with Crippen LogP contribution in [0.2, 0.25) is 5.02 Å². The molecule has 2 nitrogen and oxygen atoms in total. The molecule has 6 heteroatoms. The Morgan fingerprint density at radius 3 is 2.42 bits per heavy atom. The van der Waals surface area contributed by atoms with Crippen LogP contribution in [-0.4, -0.2) is 19.2 Å². The van der Waals surface area contributed by atoms with Crippen molar-refractivity contribution in [1.82, 2.24) is 5.32 Å². The first-order chi connectivity index (χ1) is 11.4. The summed E-state index contributed by atoms with van der Waals surface area (Å²) in [4.78, 5) is 0. The highest BCUT2D eigenvalue weighted by Gasteiger charge is 2.36. The molecular weight excluding hydrogens is 339 g/mol. The number of rotatable bonds is 4. The van der Waals surface area contributed by atoms with Crippen molar-refractivity contribution in [3.05, 3.63) is 70.2 Å². The van der Waals surface area contributed by atoms with E-state index in [2.05, 4.69) is 5.32 Å². The van der Waals surface area contributed by atoms with Crippen LogP contribution in [-0.2, 0) is 10.9 Å². The highest BCUT2D eigenvalue weighted by atomic mass is 35.5. The van der Waals surface area contributed by atoms with Crippen molar-refractivity contribution in [1.29, 1.82) is 0 Å². The number of nitrogens with one attached hydrogen (secondary N) is 1. The normalized spacial score (nSPS) is 19.4. The van der Waals surface area contributed by atoms with Gasteiger partial charge in [-0.3, -0.25) is 0 Å². The van der Waals surface area contributed by atoms with Crippen LogP contribution in [0.1, 0.15) is 29.2 Å². The highest BCUT2D eigenvalue weighted by Crippen LogP contribution is 2.39. The Hall–Kier alpha value is -1.56. The zero-order valence-corrected chi connectivity index (χ0v) is 13.6. The van der Waals surface area contributed by atoms with E-state index in [0.717, 1.165) is 19.0 Å². The second-order valence-corrected chi connectivity index (χ2v) is 6.20. The van der Waals surface area contributed by atoms with E-state index in [1.807, 2.05) is 0 Å². The van der Waals surface area contributed by atoms with E-state index in [0.29, 0.717) is 17.1 Å². The Balaban J connectivity index is 2.02. The average molecular weight is 356 g/mol. The monoisotopic (exact) mass is 355 g/mol. The topological polar surface area (TPSA) is 21.3 Å². The molecule has 2 aromatic carbocycles. The summed E-state index contributed by atoms with van der Waals surface area (Å²) < 4.78 is 46.3. The number of halogens is 4. The molecule has 1 heterocycles. The lowest BCUT2D eigenvalue weighted by Gasteiger charge is -2.25. The Labute approximate surface area is 143 Å². The van der Waals surface area contributed by atoms with Crippen LogP contribution in [0.25, 0.3) is 0 Å². The molecule has 1 aliphatic rings. The smallest absolute Gasteiger partial charge is 0.364 e. The van der Waals surface area contributed by atoms with Crippen molar-refractivity contribution in [2.24, 2.45) is 0 Å². The van der Waals surface area contributed by atoms with Crippen LogP contribution in [0.3, 0.4) is 0 Å². The van der Waals surface area contributed by atoms with Crippen molar-refractivity contribution < 1.29 is 17.9 Å². The maximum absolute atomic E-state index is 13.4. The second-order valence-electron chi connectivity index (χ2n) is 5.77. The molecule has 2 aromatic rings. The summed E-state index contributed by atoms with van der Waals surface area (Å²) in [6.45, 7) is 1.44. The predicted octanol–water partition coefficient (Wildman–Crippen LogP) is 4.83. The van der Waals surface area contributed by atoms with E-state index < -0.39 is 17.8 Å². The van der Waals surface area contributed by atoms with E-state index >= 15 is 0 Å². The first-order valence-electron chi connectivity index (χ1n) is 7.73. The van der Waals surface area contributed by atoms with Gasteiger partial charge in [-0.05, 0) is 42.3 Å². The summed E-state index contributed by atoms with van der Waals surface area (Å²) in [5, 5.41) is 3.70. The predicted molar refractivity (Wildman–Crippen MR) is 87.1 cm³/mol. The van der Waals surface area contributed by atoms with Crippen molar-refractivity contribution in [3.8, 4) is 0 Å². The minimum absolute atomic E-state index is 0.119. The molecule has 0 aliphatic carbocycles. The quantitative estimate of drug-likeness (QED) is 0.848. The van der Waals surface area contributed by atoms with E-state index in [1.54, 1.807) is 30.3 Å². The molecular formula is C18H17ClF3NO. The lowest BCUT2D eigenvalue weighted by Crippen LogP contribution is -2.22. The van der Waals surface area contributed by atoms with Crippen LogP contribution in [0.5, 0.6) is 0 Å². The molecule has 0 spiro atoms. The van der Waals surface area contributed by atoms with Gasteiger partial charge in [0.05, 0.1) is 11.7 Å². The molecule has 0 amide bonds. The molecule has 0 aromatic heterocycles. The molecule has 1 aliphatic heterocycles. The fourth-order valence-corrected chi connectivity index (χ4v) is 3.02. The number of benzene rings is 2. The Morgan fingerprint density at radius 1 is 1.08 bits per heavy atom. The molecule has 24 heavy (non-hydrogen) atoms. The number of alkyl halides is 3. The van der Waals surface area contributed by atoms with E-state index in [-0.39, 0.29) is 11.7 Å². The van der Waals surface area contributed by atoms with Gasteiger partial charge in [0, 0.05) is 11.6 Å². The molecule has 0 radical (unpaired) electrons. The Kier molecular flexibility index (Phi) is 5.13. The van der Waals surface area contributed by atoms with Crippen molar-refractivity contribution in [2.45, 2.75) is 24.8 Å². The molecule has 1 saturated heterocycles. The van der Waals surface area contributed by atoms with Crippen LogP contribution in [0, 0.1) is 0 Å². The van der Waals surface area contributed by atoms with Crippen LogP contribution in [0.15, 0.2) is 48.5 Å². The highest BCUT2D eigenvalue weighted by molar-refractivity contribution is 6.30. The molecule has 1 N–H and O–H groups in total. The Morgan fingerprint density at radius 2 is 1.79 bits per heavy atom. The fraction of sp³-hybridized carbons (Fsp3) is 0.333. The fourth-order valence-electron chi connectivity index (χ4n) is 2.89. The van der Waals surface area contributed by atoms with Gasteiger partial charge in [-0.1, -0.05) is 41.9 Å². The molecule has 2 atom stereocenters. The summed E-state index contributed by atoms with van der Waals surface area (Å²) in [5.74, 6) is 0. The van der Waals surface area contributed by atoms with Gasteiger partial charge in [-0.15, -0.1) is 0 Å². The summed E-state index contributed by atoms with van der Waals surface area (Å²) in [6.07, 6.45) is -4.56. The summed E-state index contributed by atoms with van der Waals surface area (Å²) in [5.41, 5.74) is 0.109. The van der Waals surface area contributed by atoms with Crippen molar-refractivity contribution in [2.75, 3.05) is 13.1 Å². The van der Waals surface area contributed by atoms with Gasteiger partial charge in [-0.25, -0.2) is 0 Å². The van der Waals surface area contributed by atoms with Gasteiger partial charge in [0.2, 0.25) is 0 Å². The van der Waals surface area contributed by atoms with Crippen molar-refractivity contribution in [3.63, 3.8) is 0 Å². The van der Waals surface area contributed by atoms with Gasteiger partial charge >= 0.3 is 6.18 Å². The van der Waals surface area contributed by atoms with E-state index in [4.69, 9.17) is 16.3 Å².